The standard InChI is InChI=1S/C14H18N6/c15-13-7-6-10-8-19(9-12(10)13)14-16-17-18-20(14)11-4-2-1-3-5-11/h1-5,10,12-13H,6-9,15H2. The molecule has 0 radical (unpaired) electrons. The third-order valence-corrected chi connectivity index (χ3v) is 4.65. The van der Waals surface area contributed by atoms with Crippen LogP contribution in [0.2, 0.25) is 0 Å². The maximum absolute atomic E-state index is 6.20. The molecule has 0 spiro atoms. The number of aromatic nitrogens is 4. The first-order valence-corrected chi connectivity index (χ1v) is 7.17. The molecule has 6 heteroatoms. The van der Waals surface area contributed by atoms with Gasteiger partial charge in [0, 0.05) is 19.1 Å². The minimum Gasteiger partial charge on any atom is -0.339 e. The summed E-state index contributed by atoms with van der Waals surface area (Å²) in [6.45, 7) is 1.99. The van der Waals surface area contributed by atoms with E-state index in [0.29, 0.717) is 17.9 Å². The predicted molar refractivity (Wildman–Crippen MR) is 75.6 cm³/mol. The van der Waals surface area contributed by atoms with Crippen LogP contribution in [0, 0.1) is 11.8 Å². The van der Waals surface area contributed by atoms with Gasteiger partial charge in [-0.1, -0.05) is 23.3 Å². The van der Waals surface area contributed by atoms with E-state index in [0.717, 1.165) is 31.1 Å². The number of fused-ring (bicyclic) bond motifs is 1. The lowest BCUT2D eigenvalue weighted by atomic mass is 9.98. The molecule has 2 aromatic rings. The van der Waals surface area contributed by atoms with Crippen LogP contribution >= 0.6 is 0 Å². The lowest BCUT2D eigenvalue weighted by Crippen LogP contribution is -2.31. The molecule has 6 nitrogen and oxygen atoms in total. The van der Waals surface area contributed by atoms with Gasteiger partial charge in [-0.25, -0.2) is 0 Å². The fourth-order valence-corrected chi connectivity index (χ4v) is 3.59. The average molecular weight is 270 g/mol. The Bertz CT molecular complexity index is 595. The molecule has 3 unspecified atom stereocenters. The Morgan fingerprint density at radius 1 is 1.10 bits per heavy atom. The highest BCUT2D eigenvalue weighted by molar-refractivity contribution is 5.41. The van der Waals surface area contributed by atoms with Gasteiger partial charge in [0.15, 0.2) is 0 Å². The minimum absolute atomic E-state index is 0.339. The van der Waals surface area contributed by atoms with Gasteiger partial charge in [0.2, 0.25) is 5.95 Å². The molecule has 1 aliphatic heterocycles. The Balaban J connectivity index is 1.63. The first-order chi connectivity index (χ1) is 9.83. The van der Waals surface area contributed by atoms with Crippen LogP contribution in [0.25, 0.3) is 5.69 Å². The number of hydrogen-bond acceptors (Lipinski definition) is 5. The van der Waals surface area contributed by atoms with Crippen molar-refractivity contribution in [3.63, 3.8) is 0 Å². The molecule has 2 fully saturated rings. The van der Waals surface area contributed by atoms with E-state index in [2.05, 4.69) is 20.4 Å². The van der Waals surface area contributed by atoms with E-state index in [4.69, 9.17) is 5.73 Å². The minimum atomic E-state index is 0.339. The summed E-state index contributed by atoms with van der Waals surface area (Å²) in [6.07, 6.45) is 2.39. The fraction of sp³-hybridized carbons (Fsp3) is 0.500. The summed E-state index contributed by atoms with van der Waals surface area (Å²) < 4.78 is 1.81. The van der Waals surface area contributed by atoms with Crippen molar-refractivity contribution in [3.05, 3.63) is 30.3 Å². The Labute approximate surface area is 117 Å². The highest BCUT2D eigenvalue weighted by atomic mass is 15.6. The zero-order valence-electron chi connectivity index (χ0n) is 11.3. The van der Waals surface area contributed by atoms with Gasteiger partial charge in [0.1, 0.15) is 0 Å². The van der Waals surface area contributed by atoms with Gasteiger partial charge in [-0.15, -0.1) is 0 Å². The van der Waals surface area contributed by atoms with E-state index in [-0.39, 0.29) is 0 Å². The number of tetrazole rings is 1. The molecule has 1 saturated carbocycles. The monoisotopic (exact) mass is 270 g/mol. The largest absolute Gasteiger partial charge is 0.339 e. The van der Waals surface area contributed by atoms with E-state index < -0.39 is 0 Å². The number of anilines is 1. The lowest BCUT2D eigenvalue weighted by Gasteiger charge is -2.19. The molecule has 1 aliphatic carbocycles. The molecule has 104 valence electrons. The molecule has 2 N–H and O–H groups in total. The van der Waals surface area contributed by atoms with Crippen molar-refractivity contribution in [2.24, 2.45) is 17.6 Å². The number of nitrogens with zero attached hydrogens (tertiary/aromatic N) is 5. The predicted octanol–water partition coefficient (Wildman–Crippen LogP) is 0.836. The highest BCUT2D eigenvalue weighted by Crippen LogP contribution is 2.38. The summed E-state index contributed by atoms with van der Waals surface area (Å²) in [4.78, 5) is 2.28. The first-order valence-electron chi connectivity index (χ1n) is 7.17. The quantitative estimate of drug-likeness (QED) is 0.875. The van der Waals surface area contributed by atoms with Crippen molar-refractivity contribution < 1.29 is 0 Å². The van der Waals surface area contributed by atoms with Gasteiger partial charge < -0.3 is 10.6 Å². The number of nitrogens with two attached hydrogens (primary N) is 1. The number of rotatable bonds is 2. The molecule has 1 aromatic carbocycles. The molecule has 20 heavy (non-hydrogen) atoms. The Morgan fingerprint density at radius 2 is 1.95 bits per heavy atom. The molecule has 2 heterocycles. The van der Waals surface area contributed by atoms with Crippen LogP contribution in [0.1, 0.15) is 12.8 Å². The maximum Gasteiger partial charge on any atom is 0.250 e. The summed E-state index contributed by atoms with van der Waals surface area (Å²) in [6, 6.07) is 10.4. The van der Waals surface area contributed by atoms with Crippen LogP contribution in [-0.2, 0) is 0 Å². The average Bonchev–Trinajstić information content (AvgIpc) is 3.17. The second-order valence-corrected chi connectivity index (χ2v) is 5.80. The Morgan fingerprint density at radius 3 is 2.75 bits per heavy atom. The smallest absolute Gasteiger partial charge is 0.250 e. The number of para-hydroxylation sites is 1. The van der Waals surface area contributed by atoms with Crippen LogP contribution in [0.4, 0.5) is 5.95 Å². The van der Waals surface area contributed by atoms with Crippen LogP contribution in [0.3, 0.4) is 0 Å². The maximum atomic E-state index is 6.20. The van der Waals surface area contributed by atoms with E-state index >= 15 is 0 Å². The van der Waals surface area contributed by atoms with Gasteiger partial charge in [-0.2, -0.15) is 4.68 Å². The molecule has 0 bridgehead atoms. The first kappa shape index (κ1) is 11.8. The van der Waals surface area contributed by atoms with Crippen molar-refractivity contribution in [2.75, 3.05) is 18.0 Å². The van der Waals surface area contributed by atoms with Crippen LogP contribution in [0.15, 0.2) is 30.3 Å². The van der Waals surface area contributed by atoms with Gasteiger partial charge in [0.25, 0.3) is 0 Å². The highest BCUT2D eigenvalue weighted by Gasteiger charge is 2.42. The summed E-state index contributed by atoms with van der Waals surface area (Å²) >= 11 is 0. The zero-order chi connectivity index (χ0) is 13.5. The summed E-state index contributed by atoms with van der Waals surface area (Å²) in [5.41, 5.74) is 7.19. The number of benzene rings is 1. The normalized spacial score (nSPS) is 28.9. The van der Waals surface area contributed by atoms with Crippen LogP contribution < -0.4 is 10.6 Å². The van der Waals surface area contributed by atoms with Gasteiger partial charge in [0.05, 0.1) is 5.69 Å². The zero-order valence-corrected chi connectivity index (χ0v) is 11.3. The Kier molecular flexibility index (Phi) is 2.70. The van der Waals surface area contributed by atoms with E-state index in [1.54, 1.807) is 0 Å². The van der Waals surface area contributed by atoms with Crippen molar-refractivity contribution in [2.45, 2.75) is 18.9 Å². The van der Waals surface area contributed by atoms with Gasteiger partial charge in [-0.3, -0.25) is 0 Å². The van der Waals surface area contributed by atoms with Crippen molar-refractivity contribution >= 4 is 5.95 Å². The molecule has 1 saturated heterocycles. The van der Waals surface area contributed by atoms with E-state index in [1.165, 1.54) is 6.42 Å². The van der Waals surface area contributed by atoms with Gasteiger partial charge >= 0.3 is 0 Å². The molecular formula is C14H18N6. The molecular weight excluding hydrogens is 252 g/mol. The SMILES string of the molecule is NC1CCC2CN(c3nnnn3-c3ccccc3)CC12. The molecule has 2 aliphatic rings. The summed E-state index contributed by atoms with van der Waals surface area (Å²) in [5, 5.41) is 12.2. The van der Waals surface area contributed by atoms with Crippen molar-refractivity contribution in [1.29, 1.82) is 0 Å². The number of hydrogen-bond donors (Lipinski definition) is 1. The molecule has 3 atom stereocenters. The lowest BCUT2D eigenvalue weighted by molar-refractivity contribution is 0.453. The van der Waals surface area contributed by atoms with E-state index in [9.17, 15) is 0 Å². The molecule has 1 aromatic heterocycles. The van der Waals surface area contributed by atoms with Gasteiger partial charge in [-0.05, 0) is 47.2 Å². The Hall–Kier alpha value is -1.95. The van der Waals surface area contributed by atoms with Crippen molar-refractivity contribution in [1.82, 2.24) is 20.2 Å². The van der Waals surface area contributed by atoms with E-state index in [1.807, 2.05) is 35.0 Å². The summed E-state index contributed by atoms with van der Waals surface area (Å²) in [7, 11) is 0. The van der Waals surface area contributed by atoms with Crippen molar-refractivity contribution in [3.8, 4) is 5.69 Å². The second-order valence-electron chi connectivity index (χ2n) is 5.80. The molecule has 4 rings (SSSR count). The second kappa shape index (κ2) is 4.56. The molecule has 0 amide bonds. The summed E-state index contributed by atoms with van der Waals surface area (Å²) in [5.74, 6) is 2.12. The van der Waals surface area contributed by atoms with Crippen LogP contribution in [0.5, 0.6) is 0 Å². The fourth-order valence-electron chi connectivity index (χ4n) is 3.59. The third-order valence-electron chi connectivity index (χ3n) is 4.65. The third kappa shape index (κ3) is 1.79. The van der Waals surface area contributed by atoms with Crippen LogP contribution in [-0.4, -0.2) is 39.3 Å². The topological polar surface area (TPSA) is 72.9 Å².